The minimum Gasteiger partial charge on any atom is -0.371 e. The first kappa shape index (κ1) is 15.4. The second-order valence-electron chi connectivity index (χ2n) is 4.99. The van der Waals surface area contributed by atoms with E-state index in [0.29, 0.717) is 18.4 Å². The molecule has 0 aromatic heterocycles. The van der Waals surface area contributed by atoms with Gasteiger partial charge in [0.05, 0.1) is 12.2 Å². The molecule has 0 spiro atoms. The minimum atomic E-state index is -0.826. The number of hydrogen-bond donors (Lipinski definition) is 0. The zero-order valence-electron chi connectivity index (χ0n) is 11.3. The van der Waals surface area contributed by atoms with Crippen molar-refractivity contribution in [3.8, 4) is 0 Å². The molecule has 0 aliphatic carbocycles. The monoisotopic (exact) mass is 347 g/mol. The van der Waals surface area contributed by atoms with Gasteiger partial charge in [-0.05, 0) is 25.5 Å². The summed E-state index contributed by atoms with van der Waals surface area (Å²) in [5.74, 6) is -2.23. The maximum atomic E-state index is 14.0. The molecule has 2 atom stereocenters. The fraction of sp³-hybridized carbons (Fsp3) is 0.500. The van der Waals surface area contributed by atoms with Crippen LogP contribution in [0.2, 0.25) is 0 Å². The smallest absolute Gasteiger partial charge is 0.260 e. The molecule has 0 saturated carbocycles. The number of halogens is 3. The number of nitrogens with zero attached hydrogens (tertiary/aromatic N) is 1. The summed E-state index contributed by atoms with van der Waals surface area (Å²) < 4.78 is 33.4. The van der Waals surface area contributed by atoms with E-state index in [0.717, 1.165) is 6.07 Å². The van der Waals surface area contributed by atoms with E-state index in [9.17, 15) is 13.6 Å². The van der Waals surface area contributed by atoms with Crippen molar-refractivity contribution in [2.24, 2.45) is 0 Å². The highest BCUT2D eigenvalue weighted by atomic mass is 79.9. The summed E-state index contributed by atoms with van der Waals surface area (Å²) in [6.45, 7) is 3.99. The van der Waals surface area contributed by atoms with Gasteiger partial charge in [-0.3, -0.25) is 4.79 Å². The predicted molar refractivity (Wildman–Crippen MR) is 75.1 cm³/mol. The largest absolute Gasteiger partial charge is 0.371 e. The number of morpholine rings is 1. The Hall–Kier alpha value is -1.01. The molecule has 0 N–H and O–H groups in total. The maximum absolute atomic E-state index is 14.0. The molecule has 3 nitrogen and oxygen atoms in total. The van der Waals surface area contributed by atoms with Crippen LogP contribution in [0, 0.1) is 18.6 Å². The van der Waals surface area contributed by atoms with Crippen LogP contribution in [0.3, 0.4) is 0 Å². The van der Waals surface area contributed by atoms with Gasteiger partial charge in [0.1, 0.15) is 17.2 Å². The molecule has 1 aliphatic rings. The van der Waals surface area contributed by atoms with Crippen LogP contribution in [-0.4, -0.2) is 41.4 Å². The molecule has 1 aliphatic heterocycles. The van der Waals surface area contributed by atoms with Crippen LogP contribution in [0.1, 0.15) is 22.8 Å². The van der Waals surface area contributed by atoms with Gasteiger partial charge < -0.3 is 9.64 Å². The van der Waals surface area contributed by atoms with Crippen LogP contribution in [-0.2, 0) is 4.74 Å². The molecule has 1 aromatic rings. The molecule has 1 aromatic carbocycles. The van der Waals surface area contributed by atoms with Crippen molar-refractivity contribution in [2.45, 2.75) is 26.1 Å². The first-order chi connectivity index (χ1) is 9.43. The SMILES string of the molecule is Cc1ccc(F)c(C(=O)N2CC(C)OC(CBr)C2)c1F. The fourth-order valence-corrected chi connectivity index (χ4v) is 2.66. The summed E-state index contributed by atoms with van der Waals surface area (Å²) in [7, 11) is 0. The highest BCUT2D eigenvalue weighted by Crippen LogP contribution is 2.21. The molecular formula is C14H16BrF2NO2. The van der Waals surface area contributed by atoms with Crippen molar-refractivity contribution < 1.29 is 18.3 Å². The lowest BCUT2D eigenvalue weighted by Crippen LogP contribution is -2.50. The molecule has 20 heavy (non-hydrogen) atoms. The zero-order valence-corrected chi connectivity index (χ0v) is 12.9. The van der Waals surface area contributed by atoms with E-state index in [4.69, 9.17) is 4.74 Å². The van der Waals surface area contributed by atoms with Gasteiger partial charge in [-0.15, -0.1) is 0 Å². The van der Waals surface area contributed by atoms with Crippen molar-refractivity contribution in [3.05, 3.63) is 34.9 Å². The number of hydrogen-bond acceptors (Lipinski definition) is 2. The Bertz CT molecular complexity index is 524. The molecule has 0 bridgehead atoms. The van der Waals surface area contributed by atoms with E-state index in [1.54, 1.807) is 0 Å². The van der Waals surface area contributed by atoms with E-state index in [1.807, 2.05) is 6.92 Å². The van der Waals surface area contributed by atoms with Crippen LogP contribution in [0.15, 0.2) is 12.1 Å². The normalized spacial score (nSPS) is 22.9. The number of carbonyl (C=O) groups excluding carboxylic acids is 1. The van der Waals surface area contributed by atoms with Crippen LogP contribution >= 0.6 is 15.9 Å². The van der Waals surface area contributed by atoms with E-state index in [-0.39, 0.29) is 17.8 Å². The Morgan fingerprint density at radius 2 is 2.15 bits per heavy atom. The van der Waals surface area contributed by atoms with Gasteiger partial charge in [-0.2, -0.15) is 0 Å². The molecule has 1 heterocycles. The van der Waals surface area contributed by atoms with Crippen molar-refractivity contribution in [1.29, 1.82) is 0 Å². The molecule has 1 amide bonds. The number of aryl methyl sites for hydroxylation is 1. The van der Waals surface area contributed by atoms with Crippen molar-refractivity contribution in [2.75, 3.05) is 18.4 Å². The standard InChI is InChI=1S/C14H16BrF2NO2/c1-8-3-4-11(16)12(13(8)17)14(19)18-6-9(2)20-10(5-15)7-18/h3-4,9-10H,5-7H2,1-2H3. The first-order valence-electron chi connectivity index (χ1n) is 6.39. The van der Waals surface area contributed by atoms with Gasteiger partial charge in [0.2, 0.25) is 0 Å². The lowest BCUT2D eigenvalue weighted by Gasteiger charge is -2.36. The topological polar surface area (TPSA) is 29.5 Å². The molecule has 2 rings (SSSR count). The van der Waals surface area contributed by atoms with Gasteiger partial charge in [0.15, 0.2) is 0 Å². The number of ether oxygens (including phenoxy) is 1. The quantitative estimate of drug-likeness (QED) is 0.770. The summed E-state index contributed by atoms with van der Waals surface area (Å²) in [5.41, 5.74) is -0.222. The number of rotatable bonds is 2. The lowest BCUT2D eigenvalue weighted by atomic mass is 10.1. The van der Waals surface area contributed by atoms with Crippen LogP contribution in [0.25, 0.3) is 0 Å². The third kappa shape index (κ3) is 3.01. The highest BCUT2D eigenvalue weighted by molar-refractivity contribution is 9.09. The van der Waals surface area contributed by atoms with E-state index >= 15 is 0 Å². The predicted octanol–water partition coefficient (Wildman–Crippen LogP) is 2.90. The number of amides is 1. The summed E-state index contributed by atoms with van der Waals surface area (Å²) in [4.78, 5) is 13.8. The Kier molecular flexibility index (Phi) is 4.75. The number of alkyl halides is 1. The first-order valence-corrected chi connectivity index (χ1v) is 7.51. The minimum absolute atomic E-state index is 0.161. The highest BCUT2D eigenvalue weighted by Gasteiger charge is 2.31. The number of benzene rings is 1. The van der Waals surface area contributed by atoms with E-state index in [2.05, 4.69) is 15.9 Å². The summed E-state index contributed by atoms with van der Waals surface area (Å²) >= 11 is 3.30. The Balaban J connectivity index is 2.29. The second-order valence-corrected chi connectivity index (χ2v) is 5.63. The third-order valence-corrected chi connectivity index (χ3v) is 4.01. The lowest BCUT2D eigenvalue weighted by molar-refractivity contribution is -0.0561. The van der Waals surface area contributed by atoms with Crippen molar-refractivity contribution in [3.63, 3.8) is 0 Å². The molecule has 1 saturated heterocycles. The van der Waals surface area contributed by atoms with Gasteiger partial charge >= 0.3 is 0 Å². The number of carbonyl (C=O) groups is 1. The summed E-state index contributed by atoms with van der Waals surface area (Å²) in [6.07, 6.45) is -0.329. The average Bonchev–Trinajstić information content (AvgIpc) is 2.42. The Labute approximate surface area is 125 Å². The van der Waals surface area contributed by atoms with E-state index in [1.165, 1.54) is 17.9 Å². The molecule has 0 radical (unpaired) electrons. The van der Waals surface area contributed by atoms with Crippen LogP contribution in [0.5, 0.6) is 0 Å². The van der Waals surface area contributed by atoms with Gasteiger partial charge in [0, 0.05) is 18.4 Å². The van der Waals surface area contributed by atoms with Gasteiger partial charge in [0.25, 0.3) is 5.91 Å². The van der Waals surface area contributed by atoms with E-state index < -0.39 is 23.1 Å². The summed E-state index contributed by atoms with van der Waals surface area (Å²) in [5, 5.41) is 0.569. The molecule has 110 valence electrons. The van der Waals surface area contributed by atoms with Crippen molar-refractivity contribution >= 4 is 21.8 Å². The van der Waals surface area contributed by atoms with Gasteiger partial charge in [-0.1, -0.05) is 22.0 Å². The van der Waals surface area contributed by atoms with Gasteiger partial charge in [-0.25, -0.2) is 8.78 Å². The Morgan fingerprint density at radius 1 is 1.45 bits per heavy atom. The summed E-state index contributed by atoms with van der Waals surface area (Å²) in [6, 6.07) is 2.45. The molecule has 1 fully saturated rings. The fourth-order valence-electron chi connectivity index (χ4n) is 2.31. The van der Waals surface area contributed by atoms with Crippen molar-refractivity contribution in [1.82, 2.24) is 4.90 Å². The molecule has 2 unspecified atom stereocenters. The maximum Gasteiger partial charge on any atom is 0.260 e. The molecule has 6 heteroatoms. The third-order valence-electron chi connectivity index (χ3n) is 3.28. The van der Waals surface area contributed by atoms with Crippen LogP contribution in [0.4, 0.5) is 8.78 Å². The average molecular weight is 348 g/mol. The Morgan fingerprint density at radius 3 is 2.80 bits per heavy atom. The van der Waals surface area contributed by atoms with Crippen LogP contribution < -0.4 is 0 Å². The molecular weight excluding hydrogens is 332 g/mol. The zero-order chi connectivity index (χ0) is 14.9. The second kappa shape index (κ2) is 6.18.